The molecule has 18 heavy (non-hydrogen) atoms. The number of nitrogens with one attached hydrogen (secondary N) is 1. The van der Waals surface area contributed by atoms with E-state index in [2.05, 4.69) is 43.3 Å². The molecule has 0 bridgehead atoms. The number of hydrogen-bond donors (Lipinski definition) is 1. The molecule has 1 rings (SSSR count). The van der Waals surface area contributed by atoms with Gasteiger partial charge >= 0.3 is 0 Å². The number of thiazole rings is 1. The van der Waals surface area contributed by atoms with E-state index in [9.17, 15) is 0 Å². The van der Waals surface area contributed by atoms with Crippen molar-refractivity contribution >= 4 is 16.5 Å². The highest BCUT2D eigenvalue weighted by atomic mass is 32.1. The fraction of sp³-hybridized carbons (Fsp3) is 0.786. The molecule has 4 heteroatoms. The predicted octanol–water partition coefficient (Wildman–Crippen LogP) is 3.83. The lowest BCUT2D eigenvalue weighted by atomic mass is 10.2. The lowest BCUT2D eigenvalue weighted by Crippen LogP contribution is -2.24. The van der Waals surface area contributed by atoms with E-state index >= 15 is 0 Å². The van der Waals surface area contributed by atoms with Crippen LogP contribution in [-0.4, -0.2) is 24.6 Å². The Hall–Kier alpha value is -0.610. The van der Waals surface area contributed by atoms with E-state index < -0.39 is 0 Å². The van der Waals surface area contributed by atoms with Crippen molar-refractivity contribution in [3.05, 3.63) is 11.1 Å². The van der Waals surface area contributed by atoms with Gasteiger partial charge in [-0.3, -0.25) is 0 Å². The van der Waals surface area contributed by atoms with Crippen LogP contribution in [0.3, 0.4) is 0 Å². The zero-order valence-electron chi connectivity index (χ0n) is 12.2. The van der Waals surface area contributed by atoms with Crippen molar-refractivity contribution in [1.82, 2.24) is 10.3 Å². The van der Waals surface area contributed by atoms with Crippen LogP contribution in [0.5, 0.6) is 0 Å². The molecule has 3 nitrogen and oxygen atoms in total. The molecule has 0 fully saturated rings. The Bertz CT molecular complexity index is 325. The lowest BCUT2D eigenvalue weighted by molar-refractivity contribution is 0.560. The normalized spacial score (nSPS) is 12.7. The number of rotatable bonds is 9. The minimum Gasteiger partial charge on any atom is -0.348 e. The molecule has 0 aliphatic heterocycles. The van der Waals surface area contributed by atoms with Gasteiger partial charge in [-0.2, -0.15) is 0 Å². The molecule has 0 saturated heterocycles. The van der Waals surface area contributed by atoms with Gasteiger partial charge in [-0.25, -0.2) is 4.98 Å². The predicted molar refractivity (Wildman–Crippen MR) is 81.6 cm³/mol. The van der Waals surface area contributed by atoms with E-state index in [1.54, 1.807) is 11.3 Å². The monoisotopic (exact) mass is 269 g/mol. The first-order valence-corrected chi connectivity index (χ1v) is 8.04. The van der Waals surface area contributed by atoms with Crippen LogP contribution in [-0.2, 0) is 0 Å². The minimum absolute atomic E-state index is 0.361. The van der Waals surface area contributed by atoms with Gasteiger partial charge in [0, 0.05) is 24.5 Å². The van der Waals surface area contributed by atoms with Gasteiger partial charge in [-0.05, 0) is 33.2 Å². The molecule has 0 spiro atoms. The maximum atomic E-state index is 4.77. The first-order valence-electron chi connectivity index (χ1n) is 7.16. The van der Waals surface area contributed by atoms with Gasteiger partial charge in [0.2, 0.25) is 0 Å². The second-order valence-corrected chi connectivity index (χ2v) is 5.50. The van der Waals surface area contributed by atoms with Crippen LogP contribution in [0, 0.1) is 0 Å². The third-order valence-electron chi connectivity index (χ3n) is 3.09. The molecule has 0 aromatic carbocycles. The number of anilines is 1. The SMILES string of the molecule is CCCCN(CC)c1nc(C(C)NCCC)cs1. The molecule has 1 aromatic heterocycles. The topological polar surface area (TPSA) is 28.2 Å². The molecule has 0 aliphatic carbocycles. The van der Waals surface area contributed by atoms with Crippen molar-refractivity contribution in [1.29, 1.82) is 0 Å². The Kier molecular flexibility index (Phi) is 7.28. The van der Waals surface area contributed by atoms with Gasteiger partial charge in [-0.1, -0.05) is 20.3 Å². The van der Waals surface area contributed by atoms with E-state index in [1.807, 2.05) is 0 Å². The molecular weight excluding hydrogens is 242 g/mol. The van der Waals surface area contributed by atoms with Gasteiger partial charge < -0.3 is 10.2 Å². The Balaban J connectivity index is 2.59. The Morgan fingerprint density at radius 3 is 2.72 bits per heavy atom. The first kappa shape index (κ1) is 15.4. The number of unbranched alkanes of at least 4 members (excludes halogenated alkanes) is 1. The maximum absolute atomic E-state index is 4.77. The van der Waals surface area contributed by atoms with Gasteiger partial charge in [0.15, 0.2) is 5.13 Å². The Labute approximate surface area is 116 Å². The zero-order chi connectivity index (χ0) is 13.4. The summed E-state index contributed by atoms with van der Waals surface area (Å²) in [6, 6.07) is 0.361. The number of nitrogens with zero attached hydrogens (tertiary/aromatic N) is 2. The first-order chi connectivity index (χ1) is 8.72. The summed E-state index contributed by atoms with van der Waals surface area (Å²) in [7, 11) is 0. The minimum atomic E-state index is 0.361. The summed E-state index contributed by atoms with van der Waals surface area (Å²) in [5.41, 5.74) is 1.18. The summed E-state index contributed by atoms with van der Waals surface area (Å²) in [6.07, 6.45) is 3.65. The van der Waals surface area contributed by atoms with Crippen molar-refractivity contribution in [2.45, 2.75) is 53.0 Å². The molecule has 104 valence electrons. The average Bonchev–Trinajstić information content (AvgIpc) is 2.86. The van der Waals surface area contributed by atoms with Crippen LogP contribution < -0.4 is 10.2 Å². The van der Waals surface area contributed by atoms with E-state index in [4.69, 9.17) is 4.98 Å². The molecule has 1 atom stereocenters. The van der Waals surface area contributed by atoms with Gasteiger partial charge in [-0.15, -0.1) is 11.3 Å². The van der Waals surface area contributed by atoms with Crippen molar-refractivity contribution in [2.75, 3.05) is 24.5 Å². The number of hydrogen-bond acceptors (Lipinski definition) is 4. The highest BCUT2D eigenvalue weighted by Gasteiger charge is 2.12. The summed E-state index contributed by atoms with van der Waals surface area (Å²) in [5.74, 6) is 0. The second-order valence-electron chi connectivity index (χ2n) is 4.66. The van der Waals surface area contributed by atoms with E-state index in [1.165, 1.54) is 30.1 Å². The average molecular weight is 269 g/mol. The third-order valence-corrected chi connectivity index (χ3v) is 4.01. The van der Waals surface area contributed by atoms with Gasteiger partial charge in [0.25, 0.3) is 0 Å². The largest absolute Gasteiger partial charge is 0.348 e. The van der Waals surface area contributed by atoms with Crippen molar-refractivity contribution in [3.8, 4) is 0 Å². The molecule has 1 N–H and O–H groups in total. The maximum Gasteiger partial charge on any atom is 0.185 e. The van der Waals surface area contributed by atoms with Gasteiger partial charge in [0.1, 0.15) is 0 Å². The van der Waals surface area contributed by atoms with Crippen molar-refractivity contribution in [2.24, 2.45) is 0 Å². The third kappa shape index (κ3) is 4.58. The molecule has 1 unspecified atom stereocenters. The van der Waals surface area contributed by atoms with Gasteiger partial charge in [0.05, 0.1) is 5.69 Å². The molecule has 0 radical (unpaired) electrons. The standard InChI is InChI=1S/C14H27N3S/c1-5-8-10-17(7-3)14-16-13(11-18-14)12(4)15-9-6-2/h11-12,15H,5-10H2,1-4H3. The molecular formula is C14H27N3S. The fourth-order valence-corrected chi connectivity index (χ4v) is 2.83. The molecule has 0 saturated carbocycles. The molecule has 0 aliphatic rings. The number of aromatic nitrogens is 1. The quantitative estimate of drug-likeness (QED) is 0.738. The van der Waals surface area contributed by atoms with Crippen LogP contribution >= 0.6 is 11.3 Å². The summed E-state index contributed by atoms with van der Waals surface area (Å²) in [6.45, 7) is 12.0. The molecule has 1 heterocycles. The van der Waals surface area contributed by atoms with Crippen LogP contribution in [0.4, 0.5) is 5.13 Å². The van der Waals surface area contributed by atoms with E-state index in [0.29, 0.717) is 6.04 Å². The summed E-state index contributed by atoms with van der Waals surface area (Å²) >= 11 is 1.77. The second kappa shape index (κ2) is 8.48. The lowest BCUT2D eigenvalue weighted by Gasteiger charge is -2.19. The van der Waals surface area contributed by atoms with E-state index in [-0.39, 0.29) is 0 Å². The fourth-order valence-electron chi connectivity index (χ4n) is 1.82. The summed E-state index contributed by atoms with van der Waals surface area (Å²) < 4.78 is 0. The van der Waals surface area contributed by atoms with Crippen LogP contribution in [0.25, 0.3) is 0 Å². The summed E-state index contributed by atoms with van der Waals surface area (Å²) in [5, 5.41) is 6.85. The van der Waals surface area contributed by atoms with Crippen molar-refractivity contribution < 1.29 is 0 Å². The smallest absolute Gasteiger partial charge is 0.185 e. The molecule has 0 amide bonds. The zero-order valence-corrected chi connectivity index (χ0v) is 13.0. The Morgan fingerprint density at radius 2 is 2.11 bits per heavy atom. The summed E-state index contributed by atoms with van der Waals surface area (Å²) in [4.78, 5) is 7.15. The highest BCUT2D eigenvalue weighted by Crippen LogP contribution is 2.24. The highest BCUT2D eigenvalue weighted by molar-refractivity contribution is 7.13. The van der Waals surface area contributed by atoms with Crippen LogP contribution in [0.2, 0.25) is 0 Å². The van der Waals surface area contributed by atoms with Crippen LogP contribution in [0.1, 0.15) is 58.7 Å². The molecule has 1 aromatic rings. The van der Waals surface area contributed by atoms with E-state index in [0.717, 1.165) is 19.6 Å². The van der Waals surface area contributed by atoms with Crippen molar-refractivity contribution in [3.63, 3.8) is 0 Å². The Morgan fingerprint density at radius 1 is 1.33 bits per heavy atom. The van der Waals surface area contributed by atoms with Crippen LogP contribution in [0.15, 0.2) is 5.38 Å².